The summed E-state index contributed by atoms with van der Waals surface area (Å²) in [4.78, 5) is 10.5. The van der Waals surface area contributed by atoms with Crippen molar-refractivity contribution in [3.8, 4) is 0 Å². The molecule has 0 atom stereocenters. The molecule has 0 radical (unpaired) electrons. The molecule has 0 N–H and O–H groups in total. The first-order valence-corrected chi connectivity index (χ1v) is 4.01. The molecule has 14 heavy (non-hydrogen) atoms. The number of aliphatic carboxylic acids is 1. The second kappa shape index (κ2) is 4.44. The van der Waals surface area contributed by atoms with Crippen LogP contribution in [0.4, 0.5) is 0 Å². The molecule has 70 valence electrons. The van der Waals surface area contributed by atoms with Gasteiger partial charge in [-0.3, -0.25) is 4.68 Å². The summed E-state index contributed by atoms with van der Waals surface area (Å²) in [6.07, 6.45) is 3.31. The van der Waals surface area contributed by atoms with Crippen molar-refractivity contribution < 1.29 is 44.2 Å². The van der Waals surface area contributed by atoms with Crippen molar-refractivity contribution in [3.63, 3.8) is 0 Å². The van der Waals surface area contributed by atoms with Gasteiger partial charge in [0.2, 0.25) is 0 Å². The number of carbonyl (C=O) groups excluding carboxylic acids is 1. The van der Waals surface area contributed by atoms with Crippen molar-refractivity contribution in [2.24, 2.45) is 0 Å². The normalized spacial score (nSPS) is 18.0. The predicted molar refractivity (Wildman–Crippen MR) is 40.6 cm³/mol. The molecular weight excluding hydrogens is 195 g/mol. The molecule has 2 heterocycles. The van der Waals surface area contributed by atoms with E-state index in [4.69, 9.17) is 4.74 Å². The van der Waals surface area contributed by atoms with E-state index in [1.165, 1.54) is 0 Å². The second-order valence-electron chi connectivity index (χ2n) is 3.22. The molecule has 0 unspecified atom stereocenters. The van der Waals surface area contributed by atoms with Gasteiger partial charge in [0, 0.05) is 24.8 Å². The summed E-state index contributed by atoms with van der Waals surface area (Å²) in [7, 11) is 0. The summed E-state index contributed by atoms with van der Waals surface area (Å²) in [5.74, 6) is -1.07. The average molecular weight is 204 g/mol. The smallest absolute Gasteiger partial charge is 0.550 e. The quantitative estimate of drug-likeness (QED) is 0.468. The van der Waals surface area contributed by atoms with E-state index in [0.717, 1.165) is 0 Å². The van der Waals surface area contributed by atoms with Crippen LogP contribution in [-0.2, 0) is 15.1 Å². The van der Waals surface area contributed by atoms with Gasteiger partial charge in [0.1, 0.15) is 5.54 Å². The monoisotopic (exact) mass is 204 g/mol. The van der Waals surface area contributed by atoms with E-state index in [-0.39, 0.29) is 36.0 Å². The van der Waals surface area contributed by atoms with Crippen LogP contribution < -0.4 is 34.7 Å². The molecule has 5 nitrogen and oxygen atoms in total. The topological polar surface area (TPSA) is 67.2 Å². The van der Waals surface area contributed by atoms with Gasteiger partial charge in [-0.15, -0.1) is 0 Å². The first kappa shape index (κ1) is 11.7. The fourth-order valence-corrected chi connectivity index (χ4v) is 1.47. The number of aromatic nitrogens is 2. The molecule has 0 aromatic carbocycles. The summed E-state index contributed by atoms with van der Waals surface area (Å²) >= 11 is 0. The van der Waals surface area contributed by atoms with E-state index < -0.39 is 11.5 Å². The van der Waals surface area contributed by atoms with Crippen molar-refractivity contribution in [2.45, 2.75) is 12.0 Å². The van der Waals surface area contributed by atoms with Crippen LogP contribution in [0, 0.1) is 0 Å². The van der Waals surface area contributed by atoms with Crippen molar-refractivity contribution in [1.29, 1.82) is 0 Å². The largest absolute Gasteiger partial charge is 1.00 e. The molecule has 1 aliphatic heterocycles. The fraction of sp³-hybridized carbons (Fsp3) is 0.500. The van der Waals surface area contributed by atoms with Crippen molar-refractivity contribution >= 4 is 5.97 Å². The van der Waals surface area contributed by atoms with Crippen LogP contribution in [0.2, 0.25) is 0 Å². The number of hydrogen-bond donors (Lipinski definition) is 0. The van der Waals surface area contributed by atoms with Gasteiger partial charge in [0.15, 0.2) is 0 Å². The number of carboxylic acid groups (broad SMARTS) is 1. The number of ether oxygens (including phenoxy) is 1. The van der Waals surface area contributed by atoms with Crippen LogP contribution in [0.5, 0.6) is 0 Å². The molecule has 0 spiro atoms. The van der Waals surface area contributed by atoms with Gasteiger partial charge >= 0.3 is 29.6 Å². The maximum atomic E-state index is 10.5. The fourth-order valence-electron chi connectivity index (χ4n) is 1.47. The Bertz CT molecular complexity index is 308. The summed E-state index contributed by atoms with van der Waals surface area (Å²) in [5.41, 5.74) is -0.512. The van der Waals surface area contributed by atoms with E-state index in [2.05, 4.69) is 5.10 Å². The number of rotatable bonds is 3. The van der Waals surface area contributed by atoms with E-state index in [1.807, 2.05) is 0 Å². The van der Waals surface area contributed by atoms with Crippen LogP contribution in [-0.4, -0.2) is 29.0 Å². The van der Waals surface area contributed by atoms with Gasteiger partial charge in [-0.1, -0.05) is 0 Å². The minimum absolute atomic E-state index is 0. The molecule has 1 fully saturated rings. The van der Waals surface area contributed by atoms with Crippen molar-refractivity contribution in [3.05, 3.63) is 18.5 Å². The third kappa shape index (κ3) is 2.00. The minimum atomic E-state index is -1.07. The Morgan fingerprint density at radius 1 is 1.64 bits per heavy atom. The number of carboxylic acids is 1. The molecule has 2 rings (SSSR count). The third-order valence-electron chi connectivity index (χ3n) is 2.21. The van der Waals surface area contributed by atoms with Gasteiger partial charge in [0.05, 0.1) is 13.2 Å². The molecule has 1 saturated heterocycles. The number of hydrogen-bond acceptors (Lipinski definition) is 4. The predicted octanol–water partition coefficient (Wildman–Crippen LogP) is -4.25. The molecule has 0 amide bonds. The zero-order valence-corrected chi connectivity index (χ0v) is 9.97. The molecule has 1 aromatic heterocycles. The van der Waals surface area contributed by atoms with Crippen LogP contribution in [0.3, 0.4) is 0 Å². The van der Waals surface area contributed by atoms with Gasteiger partial charge < -0.3 is 14.6 Å². The third-order valence-corrected chi connectivity index (χ3v) is 2.21. The Morgan fingerprint density at radius 3 is 2.71 bits per heavy atom. The van der Waals surface area contributed by atoms with E-state index >= 15 is 0 Å². The molecular formula is C8H9N2NaO3. The summed E-state index contributed by atoms with van der Waals surface area (Å²) < 4.78 is 6.64. The number of nitrogens with zero attached hydrogens (tertiary/aromatic N) is 2. The van der Waals surface area contributed by atoms with Crippen LogP contribution >= 0.6 is 0 Å². The van der Waals surface area contributed by atoms with Crippen molar-refractivity contribution in [2.75, 3.05) is 13.2 Å². The zero-order chi connectivity index (χ0) is 9.31. The van der Waals surface area contributed by atoms with E-state index in [0.29, 0.717) is 13.2 Å². The van der Waals surface area contributed by atoms with Gasteiger partial charge in [0.25, 0.3) is 0 Å². The summed E-state index contributed by atoms with van der Waals surface area (Å²) in [5, 5.41) is 14.5. The molecule has 0 bridgehead atoms. The second-order valence-corrected chi connectivity index (χ2v) is 3.22. The van der Waals surface area contributed by atoms with Gasteiger partial charge in [-0.2, -0.15) is 5.10 Å². The standard InChI is InChI=1S/C8H10N2O3.Na/c11-7(12)4-8(5-13-6-8)10-3-1-2-9-10;/h1-3H,4-6H2,(H,11,12);/q;+1/p-1. The van der Waals surface area contributed by atoms with Crippen LogP contribution in [0.15, 0.2) is 18.5 Å². The Kier molecular flexibility index (Phi) is 3.71. The van der Waals surface area contributed by atoms with E-state index in [1.54, 1.807) is 23.1 Å². The van der Waals surface area contributed by atoms with Gasteiger partial charge in [-0.05, 0) is 6.07 Å². The molecule has 0 aliphatic carbocycles. The molecule has 1 aromatic rings. The molecule has 0 saturated carbocycles. The molecule has 6 heteroatoms. The molecule has 1 aliphatic rings. The Hall–Kier alpha value is -0.360. The minimum Gasteiger partial charge on any atom is -0.550 e. The first-order chi connectivity index (χ1) is 6.23. The summed E-state index contributed by atoms with van der Waals surface area (Å²) in [6, 6.07) is 1.76. The maximum absolute atomic E-state index is 10.5. The zero-order valence-electron chi connectivity index (χ0n) is 7.97. The van der Waals surface area contributed by atoms with Gasteiger partial charge in [-0.25, -0.2) is 0 Å². The van der Waals surface area contributed by atoms with Crippen molar-refractivity contribution in [1.82, 2.24) is 9.78 Å². The Morgan fingerprint density at radius 2 is 2.36 bits per heavy atom. The van der Waals surface area contributed by atoms with Crippen LogP contribution in [0.1, 0.15) is 6.42 Å². The summed E-state index contributed by atoms with van der Waals surface area (Å²) in [6.45, 7) is 0.783. The Labute approximate surface area is 103 Å². The van der Waals surface area contributed by atoms with Crippen LogP contribution in [0.25, 0.3) is 0 Å². The first-order valence-electron chi connectivity index (χ1n) is 4.01. The average Bonchev–Trinajstić information content (AvgIpc) is 2.48. The number of carbonyl (C=O) groups is 1. The van der Waals surface area contributed by atoms with E-state index in [9.17, 15) is 9.90 Å². The SMILES string of the molecule is O=C([O-])CC1(n2cccn2)COC1.[Na+]. The maximum Gasteiger partial charge on any atom is 1.00 e. The Balaban J connectivity index is 0.000000980.